The molecule has 204 valence electrons. The quantitative estimate of drug-likeness (QED) is 0.177. The summed E-state index contributed by atoms with van der Waals surface area (Å²) in [7, 11) is 1.56. The molecule has 0 radical (unpaired) electrons. The molecule has 12 heteroatoms. The fraction of sp³-hybridized carbons (Fsp3) is 0.179. The van der Waals surface area contributed by atoms with Crippen molar-refractivity contribution in [2.45, 2.75) is 19.9 Å². The molecule has 0 aliphatic carbocycles. The second-order valence-electron chi connectivity index (χ2n) is 8.70. The highest BCUT2D eigenvalue weighted by Crippen LogP contribution is 2.33. The van der Waals surface area contributed by atoms with E-state index in [1.807, 2.05) is 0 Å². The molecule has 3 heterocycles. The first kappa shape index (κ1) is 27.1. The maximum atomic E-state index is 13.7. The van der Waals surface area contributed by atoms with E-state index in [2.05, 4.69) is 4.99 Å². The van der Waals surface area contributed by atoms with Gasteiger partial charge in [-0.2, -0.15) is 0 Å². The first-order valence-electron chi connectivity index (χ1n) is 12.1. The third-order valence-electron chi connectivity index (χ3n) is 6.28. The topological polar surface area (TPSA) is 126 Å². The molecule has 0 bridgehead atoms. The number of methoxy groups -OCH3 is 1. The number of nitro groups is 1. The number of rotatable bonds is 7. The van der Waals surface area contributed by atoms with E-state index in [1.54, 1.807) is 69.5 Å². The number of nitrogens with zero attached hydrogens (tertiary/aromatic N) is 3. The summed E-state index contributed by atoms with van der Waals surface area (Å²) in [4.78, 5) is 42.4. The Morgan fingerprint density at radius 2 is 1.98 bits per heavy atom. The lowest BCUT2D eigenvalue weighted by Gasteiger charge is -2.24. The third-order valence-corrected chi connectivity index (χ3v) is 7.58. The van der Waals surface area contributed by atoms with Gasteiger partial charge in [-0.25, -0.2) is 9.79 Å². The molecular weight excluding hydrogens is 558 g/mol. The van der Waals surface area contributed by atoms with Crippen LogP contribution in [0.25, 0.3) is 17.4 Å². The van der Waals surface area contributed by atoms with E-state index in [9.17, 15) is 19.7 Å². The SMILES string of the molecule is CCOC(=O)C1=C(C)N=c2s/c(=C/c3ccc(-c4ccc(Cl)c([N+](=O)[O-])c4)o3)c(=O)n2[C@H]1c1ccc(OC)cc1. The number of thiazole rings is 1. The predicted molar refractivity (Wildman–Crippen MR) is 149 cm³/mol. The minimum Gasteiger partial charge on any atom is -0.497 e. The predicted octanol–water partition coefficient (Wildman–Crippen LogP) is 4.63. The smallest absolute Gasteiger partial charge is 0.338 e. The zero-order valence-electron chi connectivity index (χ0n) is 21.5. The van der Waals surface area contributed by atoms with Gasteiger partial charge in [-0.15, -0.1) is 0 Å². The highest BCUT2D eigenvalue weighted by atomic mass is 35.5. The van der Waals surface area contributed by atoms with Gasteiger partial charge in [0.1, 0.15) is 22.3 Å². The fourth-order valence-corrected chi connectivity index (χ4v) is 5.63. The number of hydrogen-bond donors (Lipinski definition) is 0. The number of halogens is 1. The largest absolute Gasteiger partial charge is 0.497 e. The van der Waals surface area contributed by atoms with Gasteiger partial charge in [0.05, 0.1) is 40.5 Å². The number of furan rings is 1. The van der Waals surface area contributed by atoms with Gasteiger partial charge in [-0.1, -0.05) is 35.1 Å². The normalized spacial score (nSPS) is 15.0. The number of nitro benzene ring substituents is 1. The van der Waals surface area contributed by atoms with Crippen LogP contribution in [0.15, 0.2) is 80.1 Å². The van der Waals surface area contributed by atoms with E-state index < -0.39 is 16.9 Å². The molecule has 1 atom stereocenters. The van der Waals surface area contributed by atoms with Gasteiger partial charge in [0, 0.05) is 17.7 Å². The number of benzene rings is 2. The zero-order chi connectivity index (χ0) is 28.6. The third kappa shape index (κ3) is 4.96. The van der Waals surface area contributed by atoms with Crippen LogP contribution in [0.5, 0.6) is 5.75 Å². The van der Waals surface area contributed by atoms with Crippen molar-refractivity contribution in [2.24, 2.45) is 4.99 Å². The summed E-state index contributed by atoms with van der Waals surface area (Å²) < 4.78 is 18.3. The molecule has 2 aromatic carbocycles. The van der Waals surface area contributed by atoms with Gasteiger partial charge in [0.15, 0.2) is 4.80 Å². The Bertz CT molecular complexity index is 1850. The van der Waals surface area contributed by atoms with Crippen LogP contribution < -0.4 is 19.6 Å². The minimum atomic E-state index is -0.759. The fourth-order valence-electron chi connectivity index (χ4n) is 4.41. The number of hydrogen-bond acceptors (Lipinski definition) is 9. The van der Waals surface area contributed by atoms with Crippen LogP contribution in [-0.2, 0) is 9.53 Å². The summed E-state index contributed by atoms with van der Waals surface area (Å²) in [5.74, 6) is 0.816. The average Bonchev–Trinajstić information content (AvgIpc) is 3.52. The van der Waals surface area contributed by atoms with Gasteiger partial charge in [0.25, 0.3) is 11.2 Å². The molecule has 0 amide bonds. The van der Waals surface area contributed by atoms with E-state index in [0.717, 1.165) is 11.3 Å². The Morgan fingerprint density at radius 1 is 1.23 bits per heavy atom. The second kappa shape index (κ2) is 10.9. The summed E-state index contributed by atoms with van der Waals surface area (Å²) in [5, 5.41) is 11.3. The summed E-state index contributed by atoms with van der Waals surface area (Å²) >= 11 is 7.08. The molecule has 40 heavy (non-hydrogen) atoms. The van der Waals surface area contributed by atoms with Crippen LogP contribution in [0.2, 0.25) is 5.02 Å². The van der Waals surface area contributed by atoms with Crippen molar-refractivity contribution in [1.82, 2.24) is 4.57 Å². The molecular formula is C28H22ClN3O7S. The van der Waals surface area contributed by atoms with Crippen molar-refractivity contribution in [2.75, 3.05) is 13.7 Å². The number of carbonyl (C=O) groups excluding carboxylic acids is 1. The molecule has 0 fully saturated rings. The minimum absolute atomic E-state index is 0.0190. The van der Waals surface area contributed by atoms with Crippen molar-refractivity contribution < 1.29 is 23.6 Å². The standard InChI is InChI=1S/C28H22ClN3O7S/c1-4-38-27(34)24-15(2)30-28-31(25(24)16-5-8-18(37-3)9-6-16)26(33)23(40-28)14-19-10-12-22(39-19)17-7-11-20(29)21(13-17)32(35)36/h5-14,25H,4H2,1-3H3/b23-14+/t25-/m0/s1. The molecule has 2 aromatic heterocycles. The maximum Gasteiger partial charge on any atom is 0.338 e. The first-order valence-corrected chi connectivity index (χ1v) is 13.3. The molecule has 5 rings (SSSR count). The summed E-state index contributed by atoms with van der Waals surface area (Å²) in [6.45, 7) is 3.60. The molecule has 0 spiro atoms. The molecule has 0 saturated carbocycles. The number of carbonyl (C=O) groups is 1. The van der Waals surface area contributed by atoms with Gasteiger partial charge >= 0.3 is 5.97 Å². The van der Waals surface area contributed by atoms with Crippen LogP contribution in [0.3, 0.4) is 0 Å². The average molecular weight is 580 g/mol. The second-order valence-corrected chi connectivity index (χ2v) is 10.1. The van der Waals surface area contributed by atoms with E-state index in [1.165, 1.54) is 16.7 Å². The van der Waals surface area contributed by atoms with Gasteiger partial charge < -0.3 is 13.9 Å². The van der Waals surface area contributed by atoms with Gasteiger partial charge in [-0.05, 0) is 55.8 Å². The van der Waals surface area contributed by atoms with Crippen LogP contribution in [0.1, 0.15) is 31.2 Å². The number of fused-ring (bicyclic) bond motifs is 1. The number of allylic oxidation sites excluding steroid dienone is 1. The van der Waals surface area contributed by atoms with Crippen molar-refractivity contribution in [3.05, 3.63) is 112 Å². The summed E-state index contributed by atoms with van der Waals surface area (Å²) in [6.07, 6.45) is 1.58. The summed E-state index contributed by atoms with van der Waals surface area (Å²) in [5.41, 5.74) is 1.28. The monoisotopic (exact) mass is 579 g/mol. The van der Waals surface area contributed by atoms with Crippen LogP contribution in [-0.4, -0.2) is 29.2 Å². The van der Waals surface area contributed by atoms with Crippen LogP contribution in [0, 0.1) is 10.1 Å². The Kier molecular flexibility index (Phi) is 7.42. The molecule has 10 nitrogen and oxygen atoms in total. The first-order chi connectivity index (χ1) is 19.2. The molecule has 0 saturated heterocycles. The molecule has 0 N–H and O–H groups in total. The molecule has 1 aliphatic heterocycles. The maximum absolute atomic E-state index is 13.7. The molecule has 1 aliphatic rings. The lowest BCUT2D eigenvalue weighted by molar-refractivity contribution is -0.384. The van der Waals surface area contributed by atoms with E-state index in [-0.39, 0.29) is 28.4 Å². The van der Waals surface area contributed by atoms with Crippen molar-refractivity contribution in [3.8, 4) is 17.1 Å². The van der Waals surface area contributed by atoms with Crippen LogP contribution in [0.4, 0.5) is 5.69 Å². The number of ether oxygens (including phenoxy) is 2. The highest BCUT2D eigenvalue weighted by Gasteiger charge is 2.33. The van der Waals surface area contributed by atoms with Gasteiger partial charge in [-0.3, -0.25) is 19.5 Å². The van der Waals surface area contributed by atoms with Crippen molar-refractivity contribution >= 4 is 40.7 Å². The van der Waals surface area contributed by atoms with Gasteiger partial charge in [0.2, 0.25) is 0 Å². The Hall–Kier alpha value is -4.48. The molecule has 0 unspecified atom stereocenters. The zero-order valence-corrected chi connectivity index (χ0v) is 23.1. The Morgan fingerprint density at radius 3 is 2.65 bits per heavy atom. The lowest BCUT2D eigenvalue weighted by atomic mass is 9.96. The van der Waals surface area contributed by atoms with E-state index in [4.69, 9.17) is 25.5 Å². The number of aromatic nitrogens is 1. The number of esters is 1. The molecule has 4 aromatic rings. The van der Waals surface area contributed by atoms with E-state index >= 15 is 0 Å². The Balaban J connectivity index is 1.61. The van der Waals surface area contributed by atoms with E-state index in [0.29, 0.717) is 43.4 Å². The highest BCUT2D eigenvalue weighted by molar-refractivity contribution is 7.07. The van der Waals surface area contributed by atoms with Crippen molar-refractivity contribution in [3.63, 3.8) is 0 Å². The lowest BCUT2D eigenvalue weighted by Crippen LogP contribution is -2.39. The van der Waals surface area contributed by atoms with Crippen molar-refractivity contribution in [1.29, 1.82) is 0 Å². The van der Waals surface area contributed by atoms with Crippen LogP contribution >= 0.6 is 22.9 Å². The Labute approximate surface area is 236 Å². The summed E-state index contributed by atoms with van der Waals surface area (Å²) in [6, 6.07) is 14.0.